The van der Waals surface area contributed by atoms with Gasteiger partial charge in [0.05, 0.1) is 21.3 Å². The predicted octanol–water partition coefficient (Wildman–Crippen LogP) is 4.51. The van der Waals surface area contributed by atoms with Crippen LogP contribution in [0.3, 0.4) is 0 Å². The molecule has 0 aliphatic heterocycles. The Morgan fingerprint density at radius 1 is 1.08 bits per heavy atom. The second-order valence-electron chi connectivity index (χ2n) is 5.47. The van der Waals surface area contributed by atoms with Crippen LogP contribution in [0.1, 0.15) is 15.2 Å². The van der Waals surface area contributed by atoms with E-state index >= 15 is 0 Å². The van der Waals surface area contributed by atoms with Gasteiger partial charge in [0.15, 0.2) is 0 Å². The number of carbonyl (C=O) groups excluding carboxylic acids is 1. The van der Waals surface area contributed by atoms with Crippen molar-refractivity contribution in [2.24, 2.45) is 0 Å². The molecule has 3 aromatic rings. The van der Waals surface area contributed by atoms with Gasteiger partial charge in [0, 0.05) is 27.2 Å². The van der Waals surface area contributed by atoms with Gasteiger partial charge in [0.25, 0.3) is 5.91 Å². The summed E-state index contributed by atoms with van der Waals surface area (Å²) in [5, 5.41) is 4.34. The van der Waals surface area contributed by atoms with Crippen molar-refractivity contribution >= 4 is 38.9 Å². The number of fused-ring (bicyclic) bond motifs is 1. The Hall–Kier alpha value is -2.44. The number of hydrogen-bond donors (Lipinski definition) is 1. The smallest absolute Gasteiger partial charge is 0.265 e. The van der Waals surface area contributed by atoms with E-state index in [1.807, 2.05) is 24.3 Å². The van der Waals surface area contributed by atoms with Crippen LogP contribution in [0.25, 0.3) is 10.1 Å². The average molecular weight is 392 g/mol. The molecule has 0 aliphatic rings. The maximum atomic E-state index is 12.7. The van der Waals surface area contributed by atoms with Gasteiger partial charge in [-0.05, 0) is 36.4 Å². The van der Waals surface area contributed by atoms with Gasteiger partial charge in [-0.3, -0.25) is 4.79 Å². The number of amides is 1. The van der Waals surface area contributed by atoms with E-state index in [-0.39, 0.29) is 5.91 Å². The van der Waals surface area contributed by atoms with Crippen LogP contribution in [0.2, 0.25) is 5.02 Å². The van der Waals surface area contributed by atoms with E-state index in [9.17, 15) is 4.79 Å². The molecule has 0 unspecified atom stereocenters. The summed E-state index contributed by atoms with van der Waals surface area (Å²) in [6.07, 6.45) is 0. The van der Waals surface area contributed by atoms with Gasteiger partial charge in [0.2, 0.25) is 0 Å². The number of methoxy groups -OCH3 is 3. The molecule has 0 saturated carbocycles. The van der Waals surface area contributed by atoms with Gasteiger partial charge >= 0.3 is 0 Å². The third-order valence-electron chi connectivity index (χ3n) is 3.94. The summed E-state index contributed by atoms with van der Waals surface area (Å²) in [7, 11) is 4.73. The van der Waals surface area contributed by atoms with Gasteiger partial charge in [-0.2, -0.15) is 0 Å². The molecular formula is C19H18ClNO4S. The van der Waals surface area contributed by atoms with Crippen molar-refractivity contribution in [1.29, 1.82) is 0 Å². The minimum absolute atomic E-state index is 0.218. The Labute approximate surface area is 160 Å². The van der Waals surface area contributed by atoms with Crippen molar-refractivity contribution < 1.29 is 19.0 Å². The minimum Gasteiger partial charge on any atom is -0.497 e. The van der Waals surface area contributed by atoms with Crippen LogP contribution in [0.5, 0.6) is 17.2 Å². The summed E-state index contributed by atoms with van der Waals surface area (Å²) in [6.45, 7) is 0.303. The number of hydrogen-bond acceptors (Lipinski definition) is 5. The lowest BCUT2D eigenvalue weighted by atomic mass is 10.2. The van der Waals surface area contributed by atoms with Crippen molar-refractivity contribution in [1.82, 2.24) is 5.32 Å². The highest BCUT2D eigenvalue weighted by molar-refractivity contribution is 7.21. The molecule has 26 heavy (non-hydrogen) atoms. The number of halogens is 1. The van der Waals surface area contributed by atoms with Crippen molar-refractivity contribution in [2.45, 2.75) is 6.54 Å². The van der Waals surface area contributed by atoms with Crippen LogP contribution >= 0.6 is 22.9 Å². The first-order valence-electron chi connectivity index (χ1n) is 7.82. The highest BCUT2D eigenvalue weighted by Gasteiger charge is 2.20. The zero-order valence-electron chi connectivity index (χ0n) is 14.6. The Morgan fingerprint density at radius 2 is 1.88 bits per heavy atom. The molecule has 0 bridgehead atoms. The standard InChI is InChI=1S/C19H18ClNO4S/c1-23-13-5-6-15(24-2)11(8-13)10-21-19(22)18-17(25-3)14-9-12(20)4-7-16(14)26-18/h4-9H,10H2,1-3H3,(H,21,22). The molecule has 0 fully saturated rings. The molecule has 3 rings (SSSR count). The van der Waals surface area contributed by atoms with Crippen molar-refractivity contribution in [3.63, 3.8) is 0 Å². The first-order valence-corrected chi connectivity index (χ1v) is 9.02. The third kappa shape index (κ3) is 3.57. The Morgan fingerprint density at radius 3 is 2.58 bits per heavy atom. The molecule has 0 atom stereocenters. The Balaban J connectivity index is 1.86. The largest absolute Gasteiger partial charge is 0.497 e. The van der Waals surface area contributed by atoms with Gasteiger partial charge in [-0.15, -0.1) is 11.3 Å². The summed E-state index contributed by atoms with van der Waals surface area (Å²) in [4.78, 5) is 13.2. The van der Waals surface area contributed by atoms with Gasteiger partial charge in [-0.1, -0.05) is 11.6 Å². The maximum absolute atomic E-state index is 12.7. The van der Waals surface area contributed by atoms with Gasteiger partial charge in [0.1, 0.15) is 22.1 Å². The van der Waals surface area contributed by atoms with Crippen LogP contribution in [0.4, 0.5) is 0 Å². The fourth-order valence-electron chi connectivity index (χ4n) is 2.68. The summed E-state index contributed by atoms with van der Waals surface area (Å²) >= 11 is 7.43. The molecule has 5 nitrogen and oxygen atoms in total. The van der Waals surface area contributed by atoms with Crippen molar-refractivity contribution in [3.05, 3.63) is 51.9 Å². The van der Waals surface area contributed by atoms with E-state index in [1.54, 1.807) is 33.5 Å². The average Bonchev–Trinajstić information content (AvgIpc) is 3.03. The fraction of sp³-hybridized carbons (Fsp3) is 0.211. The number of carbonyl (C=O) groups is 1. The normalized spacial score (nSPS) is 10.6. The molecule has 0 aliphatic carbocycles. The first-order chi connectivity index (χ1) is 12.6. The molecule has 2 aromatic carbocycles. The second-order valence-corrected chi connectivity index (χ2v) is 6.95. The number of thiophene rings is 1. The molecule has 0 spiro atoms. The topological polar surface area (TPSA) is 56.8 Å². The zero-order chi connectivity index (χ0) is 18.7. The van der Waals surface area contributed by atoms with Crippen LogP contribution in [-0.2, 0) is 6.54 Å². The molecule has 0 saturated heterocycles. The highest BCUT2D eigenvalue weighted by atomic mass is 35.5. The van der Waals surface area contributed by atoms with Crippen LogP contribution in [-0.4, -0.2) is 27.2 Å². The molecule has 1 aromatic heterocycles. The van der Waals surface area contributed by atoms with E-state index < -0.39 is 0 Å². The number of ether oxygens (including phenoxy) is 3. The Bertz CT molecular complexity index is 954. The van der Waals surface area contributed by atoms with Crippen molar-refractivity contribution in [3.8, 4) is 17.2 Å². The zero-order valence-corrected chi connectivity index (χ0v) is 16.2. The number of nitrogens with one attached hydrogen (secondary N) is 1. The van der Waals surface area contributed by atoms with E-state index in [0.29, 0.717) is 33.7 Å². The molecule has 1 heterocycles. The number of rotatable bonds is 6. The third-order valence-corrected chi connectivity index (χ3v) is 5.33. The SMILES string of the molecule is COc1ccc(OC)c(CNC(=O)c2sc3ccc(Cl)cc3c2OC)c1. The molecule has 0 radical (unpaired) electrons. The highest BCUT2D eigenvalue weighted by Crippen LogP contribution is 2.39. The summed E-state index contributed by atoms with van der Waals surface area (Å²) in [5.74, 6) is 1.69. The van der Waals surface area contributed by atoms with E-state index in [1.165, 1.54) is 11.3 Å². The monoisotopic (exact) mass is 391 g/mol. The summed E-state index contributed by atoms with van der Waals surface area (Å²) in [6, 6.07) is 10.9. The Kier molecular flexibility index (Phi) is 5.54. The fourth-order valence-corrected chi connectivity index (χ4v) is 3.92. The van der Waals surface area contributed by atoms with E-state index in [0.717, 1.165) is 15.6 Å². The molecule has 1 N–H and O–H groups in total. The lowest BCUT2D eigenvalue weighted by Gasteiger charge is -2.11. The second kappa shape index (κ2) is 7.85. The lowest BCUT2D eigenvalue weighted by molar-refractivity contribution is 0.0952. The number of benzene rings is 2. The quantitative estimate of drug-likeness (QED) is 0.671. The van der Waals surface area contributed by atoms with Gasteiger partial charge < -0.3 is 19.5 Å². The first kappa shape index (κ1) is 18.4. The van der Waals surface area contributed by atoms with E-state index in [4.69, 9.17) is 25.8 Å². The molecular weight excluding hydrogens is 374 g/mol. The molecule has 7 heteroatoms. The maximum Gasteiger partial charge on any atom is 0.265 e. The van der Waals surface area contributed by atoms with Crippen molar-refractivity contribution in [2.75, 3.05) is 21.3 Å². The van der Waals surface area contributed by atoms with Crippen LogP contribution < -0.4 is 19.5 Å². The lowest BCUT2D eigenvalue weighted by Crippen LogP contribution is -2.22. The van der Waals surface area contributed by atoms with Crippen LogP contribution in [0, 0.1) is 0 Å². The minimum atomic E-state index is -0.218. The predicted molar refractivity (Wildman–Crippen MR) is 104 cm³/mol. The van der Waals surface area contributed by atoms with Crippen LogP contribution in [0.15, 0.2) is 36.4 Å². The molecule has 1 amide bonds. The van der Waals surface area contributed by atoms with E-state index in [2.05, 4.69) is 5.32 Å². The summed E-state index contributed by atoms with van der Waals surface area (Å²) in [5.41, 5.74) is 0.823. The summed E-state index contributed by atoms with van der Waals surface area (Å²) < 4.78 is 17.0. The molecule has 136 valence electrons. The van der Waals surface area contributed by atoms with Gasteiger partial charge in [-0.25, -0.2) is 0 Å².